The number of fused-ring (bicyclic) bond motifs is 1. The Bertz CT molecular complexity index is 604. The highest BCUT2D eigenvalue weighted by Gasteiger charge is 2.23. The second kappa shape index (κ2) is 4.80. The summed E-state index contributed by atoms with van der Waals surface area (Å²) < 4.78 is 7.45. The number of nitrogens with zero attached hydrogens (tertiary/aromatic N) is 2. The van der Waals surface area contributed by atoms with E-state index in [1.54, 1.807) is 7.11 Å². The van der Waals surface area contributed by atoms with Crippen LogP contribution in [0, 0.1) is 0 Å². The van der Waals surface area contributed by atoms with Crippen molar-refractivity contribution in [3.8, 4) is 5.75 Å². The number of aromatic nitrogens is 1. The molecule has 0 radical (unpaired) electrons. The first-order valence-electron chi connectivity index (χ1n) is 6.36. The second-order valence-corrected chi connectivity index (χ2v) is 4.62. The molecule has 1 aliphatic heterocycles. The van der Waals surface area contributed by atoms with Gasteiger partial charge < -0.3 is 14.2 Å². The molecule has 4 heteroatoms. The van der Waals surface area contributed by atoms with Gasteiger partial charge in [-0.1, -0.05) is 12.1 Å². The van der Waals surface area contributed by atoms with Crippen LogP contribution in [0.3, 0.4) is 0 Å². The van der Waals surface area contributed by atoms with Crippen molar-refractivity contribution in [2.45, 2.75) is 13.1 Å². The molecule has 1 aromatic heterocycles. The highest BCUT2D eigenvalue weighted by molar-refractivity contribution is 5.96. The number of amides is 1. The number of rotatable bonds is 2. The Morgan fingerprint density at radius 1 is 1.16 bits per heavy atom. The summed E-state index contributed by atoms with van der Waals surface area (Å²) in [7, 11) is 1.59. The lowest BCUT2D eigenvalue weighted by Crippen LogP contribution is -2.38. The van der Waals surface area contributed by atoms with Crippen LogP contribution in [0.4, 0.5) is 0 Å². The molecule has 4 nitrogen and oxygen atoms in total. The molecule has 3 rings (SSSR count). The Kier molecular flexibility index (Phi) is 2.99. The van der Waals surface area contributed by atoms with Gasteiger partial charge in [0.25, 0.3) is 5.91 Å². The maximum absolute atomic E-state index is 12.5. The Balaban J connectivity index is 1.85. The van der Waals surface area contributed by atoms with E-state index in [0.717, 1.165) is 13.1 Å². The highest BCUT2D eigenvalue weighted by atomic mass is 16.5. The summed E-state index contributed by atoms with van der Waals surface area (Å²) in [6.07, 6.45) is 2.06. The maximum Gasteiger partial charge on any atom is 0.258 e. The van der Waals surface area contributed by atoms with Crippen molar-refractivity contribution < 1.29 is 9.53 Å². The fourth-order valence-corrected chi connectivity index (χ4v) is 2.48. The minimum absolute atomic E-state index is 0.0323. The van der Waals surface area contributed by atoms with Crippen molar-refractivity contribution in [1.29, 1.82) is 0 Å². The SMILES string of the molecule is COc1ccccc1C(=O)N1CCn2cccc2C1. The lowest BCUT2D eigenvalue weighted by atomic mass is 10.1. The number of hydrogen-bond acceptors (Lipinski definition) is 2. The van der Waals surface area contributed by atoms with E-state index in [1.807, 2.05) is 35.2 Å². The largest absolute Gasteiger partial charge is 0.496 e. The zero-order chi connectivity index (χ0) is 13.2. The van der Waals surface area contributed by atoms with E-state index in [-0.39, 0.29) is 5.91 Å². The lowest BCUT2D eigenvalue weighted by molar-refractivity contribution is 0.0708. The molecule has 0 unspecified atom stereocenters. The van der Waals surface area contributed by atoms with Gasteiger partial charge in [0, 0.05) is 25.0 Å². The van der Waals surface area contributed by atoms with E-state index in [2.05, 4.69) is 16.8 Å². The van der Waals surface area contributed by atoms with Crippen LogP contribution >= 0.6 is 0 Å². The molecule has 0 N–H and O–H groups in total. The second-order valence-electron chi connectivity index (χ2n) is 4.62. The minimum atomic E-state index is 0.0323. The average molecular weight is 256 g/mol. The van der Waals surface area contributed by atoms with Crippen LogP contribution in [0.25, 0.3) is 0 Å². The van der Waals surface area contributed by atoms with Crippen molar-refractivity contribution in [1.82, 2.24) is 9.47 Å². The Labute approximate surface area is 112 Å². The van der Waals surface area contributed by atoms with Crippen LogP contribution in [-0.2, 0) is 13.1 Å². The molecule has 0 fully saturated rings. The Hall–Kier alpha value is -2.23. The van der Waals surface area contributed by atoms with Crippen LogP contribution in [0.1, 0.15) is 16.1 Å². The van der Waals surface area contributed by atoms with Crippen molar-refractivity contribution in [3.63, 3.8) is 0 Å². The van der Waals surface area contributed by atoms with Crippen LogP contribution in [0.15, 0.2) is 42.6 Å². The first kappa shape index (κ1) is 11.8. The third kappa shape index (κ3) is 2.10. The molecule has 19 heavy (non-hydrogen) atoms. The standard InChI is InChI=1S/C15H16N2O2/c1-19-14-7-3-2-6-13(14)15(18)17-10-9-16-8-4-5-12(16)11-17/h2-8H,9-11H2,1H3. The van der Waals surface area contributed by atoms with Gasteiger partial charge >= 0.3 is 0 Å². The van der Waals surface area contributed by atoms with E-state index in [1.165, 1.54) is 5.69 Å². The molecule has 1 aromatic carbocycles. The van der Waals surface area contributed by atoms with Gasteiger partial charge in [0.1, 0.15) is 5.75 Å². The van der Waals surface area contributed by atoms with E-state index in [4.69, 9.17) is 4.74 Å². The summed E-state index contributed by atoms with van der Waals surface area (Å²) in [5.74, 6) is 0.665. The normalized spacial score (nSPS) is 14.1. The van der Waals surface area contributed by atoms with Gasteiger partial charge in [0.05, 0.1) is 19.2 Å². The number of para-hydroxylation sites is 1. The Morgan fingerprint density at radius 2 is 2.00 bits per heavy atom. The third-order valence-corrected chi connectivity index (χ3v) is 3.51. The lowest BCUT2D eigenvalue weighted by Gasteiger charge is -2.29. The van der Waals surface area contributed by atoms with E-state index < -0.39 is 0 Å². The van der Waals surface area contributed by atoms with Crippen LogP contribution in [0.2, 0.25) is 0 Å². The molecule has 2 aromatic rings. The van der Waals surface area contributed by atoms with E-state index in [0.29, 0.717) is 17.9 Å². The van der Waals surface area contributed by atoms with Crippen molar-refractivity contribution >= 4 is 5.91 Å². The maximum atomic E-state index is 12.5. The van der Waals surface area contributed by atoms with Gasteiger partial charge in [-0.15, -0.1) is 0 Å². The summed E-state index contributed by atoms with van der Waals surface area (Å²) in [5.41, 5.74) is 1.81. The summed E-state index contributed by atoms with van der Waals surface area (Å²) in [6, 6.07) is 11.4. The van der Waals surface area contributed by atoms with Gasteiger partial charge in [-0.25, -0.2) is 0 Å². The van der Waals surface area contributed by atoms with E-state index in [9.17, 15) is 4.79 Å². The average Bonchev–Trinajstić information content (AvgIpc) is 2.93. The van der Waals surface area contributed by atoms with Crippen LogP contribution in [0.5, 0.6) is 5.75 Å². The number of benzene rings is 1. The number of hydrogen-bond donors (Lipinski definition) is 0. The van der Waals surface area contributed by atoms with Crippen molar-refractivity contribution in [2.75, 3.05) is 13.7 Å². The van der Waals surface area contributed by atoms with Gasteiger partial charge in [0.2, 0.25) is 0 Å². The monoisotopic (exact) mass is 256 g/mol. The van der Waals surface area contributed by atoms with Gasteiger partial charge in [-0.3, -0.25) is 4.79 Å². The summed E-state index contributed by atoms with van der Waals surface area (Å²) in [4.78, 5) is 14.4. The van der Waals surface area contributed by atoms with Crippen LogP contribution < -0.4 is 4.74 Å². The number of carbonyl (C=O) groups excluding carboxylic acids is 1. The van der Waals surface area contributed by atoms with Crippen molar-refractivity contribution in [3.05, 3.63) is 53.9 Å². The third-order valence-electron chi connectivity index (χ3n) is 3.51. The smallest absolute Gasteiger partial charge is 0.258 e. The first-order valence-corrected chi connectivity index (χ1v) is 6.36. The summed E-state index contributed by atoms with van der Waals surface area (Å²) >= 11 is 0. The predicted molar refractivity (Wildman–Crippen MR) is 72.2 cm³/mol. The zero-order valence-electron chi connectivity index (χ0n) is 10.9. The molecule has 0 aliphatic carbocycles. The molecule has 0 saturated carbocycles. The van der Waals surface area contributed by atoms with E-state index >= 15 is 0 Å². The molecule has 1 aliphatic rings. The summed E-state index contributed by atoms with van der Waals surface area (Å²) in [6.45, 7) is 2.24. The molecular weight excluding hydrogens is 240 g/mol. The van der Waals surface area contributed by atoms with Gasteiger partial charge in [0.15, 0.2) is 0 Å². The van der Waals surface area contributed by atoms with Crippen molar-refractivity contribution in [2.24, 2.45) is 0 Å². The molecule has 0 atom stereocenters. The fraction of sp³-hybridized carbons (Fsp3) is 0.267. The first-order chi connectivity index (χ1) is 9.29. The van der Waals surface area contributed by atoms with Crippen LogP contribution in [-0.4, -0.2) is 29.0 Å². The molecule has 1 amide bonds. The van der Waals surface area contributed by atoms with Gasteiger partial charge in [-0.2, -0.15) is 0 Å². The number of methoxy groups -OCH3 is 1. The topological polar surface area (TPSA) is 34.5 Å². The quantitative estimate of drug-likeness (QED) is 0.825. The summed E-state index contributed by atoms with van der Waals surface area (Å²) in [5, 5.41) is 0. The molecule has 0 saturated heterocycles. The predicted octanol–water partition coefficient (Wildman–Crippen LogP) is 2.15. The minimum Gasteiger partial charge on any atom is -0.496 e. The molecule has 0 spiro atoms. The molecule has 0 bridgehead atoms. The molecule has 98 valence electrons. The number of carbonyl (C=O) groups is 1. The zero-order valence-corrected chi connectivity index (χ0v) is 10.9. The fourth-order valence-electron chi connectivity index (χ4n) is 2.48. The Morgan fingerprint density at radius 3 is 2.84 bits per heavy atom. The van der Waals surface area contributed by atoms with Gasteiger partial charge in [-0.05, 0) is 24.3 Å². The number of ether oxygens (including phenoxy) is 1. The molecular formula is C15H16N2O2. The highest BCUT2D eigenvalue weighted by Crippen LogP contribution is 2.22. The molecule has 2 heterocycles.